The van der Waals surface area contributed by atoms with Crippen molar-refractivity contribution in [2.24, 2.45) is 0 Å². The second kappa shape index (κ2) is 16.3. The van der Waals surface area contributed by atoms with Gasteiger partial charge in [0.05, 0.1) is 32.5 Å². The van der Waals surface area contributed by atoms with Gasteiger partial charge in [-0.25, -0.2) is 0 Å². The Morgan fingerprint density at radius 2 is 1.00 bits per heavy atom. The Labute approximate surface area is 325 Å². The molecule has 55 heavy (non-hydrogen) atoms. The Balaban J connectivity index is 1.47. The van der Waals surface area contributed by atoms with E-state index in [1.54, 1.807) is 21.3 Å². The van der Waals surface area contributed by atoms with Crippen molar-refractivity contribution < 1.29 is 23.8 Å². The van der Waals surface area contributed by atoms with Gasteiger partial charge in [-0.05, 0) is 131 Å². The Hall–Kier alpha value is -5.82. The van der Waals surface area contributed by atoms with Crippen LogP contribution in [0.25, 0.3) is 32.7 Å². The minimum atomic E-state index is -0.232. The van der Waals surface area contributed by atoms with Gasteiger partial charge in [0, 0.05) is 24.0 Å². The van der Waals surface area contributed by atoms with E-state index in [0.29, 0.717) is 41.5 Å². The summed E-state index contributed by atoms with van der Waals surface area (Å²) < 4.78 is 18.0. The van der Waals surface area contributed by atoms with E-state index in [4.69, 9.17) is 14.2 Å². The number of carbonyl (C=O) groups excluding carboxylic acids is 2. The van der Waals surface area contributed by atoms with Gasteiger partial charge in [-0.1, -0.05) is 74.5 Å². The molecule has 0 unspecified atom stereocenters. The van der Waals surface area contributed by atoms with Crippen molar-refractivity contribution in [3.05, 3.63) is 135 Å². The van der Waals surface area contributed by atoms with Crippen molar-refractivity contribution in [1.82, 2.24) is 10.6 Å². The summed E-state index contributed by atoms with van der Waals surface area (Å²) in [6, 6.07) is 28.6. The molecule has 0 spiro atoms. The van der Waals surface area contributed by atoms with Crippen molar-refractivity contribution in [1.29, 1.82) is 0 Å². The fourth-order valence-electron chi connectivity index (χ4n) is 7.96. The number of aryl methyl sites for hydroxylation is 4. The average molecular weight is 737 g/mol. The molecule has 0 aliphatic carbocycles. The highest BCUT2D eigenvalue weighted by molar-refractivity contribution is 6.15. The number of fused-ring (bicyclic) bond motifs is 2. The van der Waals surface area contributed by atoms with Crippen molar-refractivity contribution >= 4 is 33.4 Å². The lowest BCUT2D eigenvalue weighted by Gasteiger charge is -2.24. The first-order valence-corrected chi connectivity index (χ1v) is 18.9. The molecule has 284 valence electrons. The zero-order chi connectivity index (χ0) is 39.6. The maximum atomic E-state index is 14.1. The van der Waals surface area contributed by atoms with Gasteiger partial charge in [0.1, 0.15) is 5.75 Å². The number of ether oxygens (including phenoxy) is 3. The second-order valence-electron chi connectivity index (χ2n) is 14.7. The first-order chi connectivity index (χ1) is 26.4. The molecule has 6 aromatic rings. The highest BCUT2D eigenvalue weighted by atomic mass is 16.5. The fourth-order valence-corrected chi connectivity index (χ4v) is 7.96. The van der Waals surface area contributed by atoms with Gasteiger partial charge < -0.3 is 24.8 Å². The smallest absolute Gasteiger partial charge is 0.255 e. The molecule has 0 aromatic heterocycles. The molecule has 0 saturated heterocycles. The second-order valence-corrected chi connectivity index (χ2v) is 14.7. The molecule has 0 aliphatic rings. The third kappa shape index (κ3) is 7.36. The average Bonchev–Trinajstić information content (AvgIpc) is 3.19. The largest absolute Gasteiger partial charge is 0.495 e. The predicted octanol–water partition coefficient (Wildman–Crippen LogP) is 10.3. The van der Waals surface area contributed by atoms with E-state index in [1.165, 1.54) is 5.56 Å². The van der Waals surface area contributed by atoms with Crippen LogP contribution >= 0.6 is 0 Å². The van der Waals surface area contributed by atoms with Crippen LogP contribution in [0, 0.1) is 34.6 Å². The number of nitrogens with one attached hydrogen (secondary N) is 2. The quantitative estimate of drug-likeness (QED) is 0.131. The molecule has 7 heteroatoms. The van der Waals surface area contributed by atoms with E-state index in [1.807, 2.05) is 56.3 Å². The number of hydrogen-bond acceptors (Lipinski definition) is 5. The molecule has 0 heterocycles. The molecular weight excluding hydrogens is 685 g/mol. The Morgan fingerprint density at radius 1 is 0.527 bits per heavy atom. The maximum Gasteiger partial charge on any atom is 0.255 e. The monoisotopic (exact) mass is 736 g/mol. The van der Waals surface area contributed by atoms with E-state index in [2.05, 4.69) is 87.7 Å². The summed E-state index contributed by atoms with van der Waals surface area (Å²) in [6.07, 6.45) is 0. The molecule has 0 aliphatic heterocycles. The standard InChI is InChI=1S/C48H52N2O5/c1-27-21-39-38(43(32(27)6)47(51)49-25-30(4)34-17-13-11-14-18-34)23-29(3)42(45(39)54-9)41-28(2)22-37-36(33(41)7)24-40(53-8)46(55-10)44(37)48(52)50-26-31(5)35-19-15-12-16-20-35/h11-24,30-31H,25-26H2,1-10H3,(H,49,51)(H,50,52)/t30-,31+/m1/s1. The van der Waals surface area contributed by atoms with E-state index in [9.17, 15) is 9.59 Å². The van der Waals surface area contributed by atoms with Crippen molar-refractivity contribution in [2.75, 3.05) is 34.4 Å². The predicted molar refractivity (Wildman–Crippen MR) is 225 cm³/mol. The van der Waals surface area contributed by atoms with Gasteiger partial charge in [-0.3, -0.25) is 9.59 Å². The van der Waals surface area contributed by atoms with Gasteiger partial charge in [0.2, 0.25) is 0 Å². The van der Waals surface area contributed by atoms with Crippen LogP contribution in [0.15, 0.2) is 84.9 Å². The van der Waals surface area contributed by atoms with Gasteiger partial charge in [-0.15, -0.1) is 0 Å². The molecule has 0 saturated carbocycles. The molecule has 2 amide bonds. The van der Waals surface area contributed by atoms with Crippen LogP contribution in [0.1, 0.15) is 85.3 Å². The van der Waals surface area contributed by atoms with E-state index in [0.717, 1.165) is 66.1 Å². The molecule has 0 radical (unpaired) electrons. The van der Waals surface area contributed by atoms with Crippen LogP contribution in [-0.4, -0.2) is 46.2 Å². The Bertz CT molecular complexity index is 2400. The van der Waals surface area contributed by atoms with Crippen LogP contribution in [0.3, 0.4) is 0 Å². The van der Waals surface area contributed by atoms with E-state index < -0.39 is 0 Å². The molecule has 0 fully saturated rings. The normalized spacial score (nSPS) is 12.3. The maximum absolute atomic E-state index is 14.1. The van der Waals surface area contributed by atoms with Gasteiger partial charge in [0.15, 0.2) is 11.5 Å². The summed E-state index contributed by atoms with van der Waals surface area (Å²) in [5.74, 6) is 1.49. The Kier molecular flexibility index (Phi) is 11.5. The molecule has 2 N–H and O–H groups in total. The highest BCUT2D eigenvalue weighted by Gasteiger charge is 2.27. The lowest BCUT2D eigenvalue weighted by molar-refractivity contribution is 0.0943. The first-order valence-electron chi connectivity index (χ1n) is 18.9. The Morgan fingerprint density at radius 3 is 1.51 bits per heavy atom. The summed E-state index contributed by atoms with van der Waals surface area (Å²) >= 11 is 0. The van der Waals surface area contributed by atoms with Crippen molar-refractivity contribution in [3.8, 4) is 28.4 Å². The van der Waals surface area contributed by atoms with Crippen LogP contribution < -0.4 is 24.8 Å². The minimum Gasteiger partial charge on any atom is -0.495 e. The number of hydrogen-bond donors (Lipinski definition) is 2. The van der Waals surface area contributed by atoms with Crippen LogP contribution in [0.4, 0.5) is 0 Å². The zero-order valence-electron chi connectivity index (χ0n) is 33.7. The number of rotatable bonds is 12. The molecule has 6 rings (SSSR count). The molecular formula is C48H52N2O5. The SMILES string of the molecule is COc1cc2c(C)c(-c3c(C)cc4c(C(=O)NC[C@@H](C)c5ccccc5)c(C)c(C)cc4c3OC)c(C)cc2c(C(=O)NC[C@H](C)c2ccccc2)c1OC. The van der Waals surface area contributed by atoms with Gasteiger partial charge in [-0.2, -0.15) is 0 Å². The zero-order valence-corrected chi connectivity index (χ0v) is 33.7. The van der Waals surface area contributed by atoms with Crippen LogP contribution in [0.2, 0.25) is 0 Å². The number of carbonyl (C=O) groups is 2. The number of benzene rings is 6. The summed E-state index contributed by atoms with van der Waals surface area (Å²) in [6.45, 7) is 15.4. The lowest BCUT2D eigenvalue weighted by Crippen LogP contribution is -2.28. The molecule has 0 bridgehead atoms. The van der Waals surface area contributed by atoms with E-state index >= 15 is 0 Å². The van der Waals surface area contributed by atoms with Gasteiger partial charge >= 0.3 is 0 Å². The number of amides is 2. The fraction of sp³-hybridized carbons (Fsp3) is 0.292. The van der Waals surface area contributed by atoms with E-state index in [-0.39, 0.29) is 23.7 Å². The summed E-state index contributed by atoms with van der Waals surface area (Å²) in [7, 11) is 4.84. The molecule has 2 atom stereocenters. The van der Waals surface area contributed by atoms with Crippen LogP contribution in [0.5, 0.6) is 17.2 Å². The summed E-state index contributed by atoms with van der Waals surface area (Å²) in [5, 5.41) is 9.74. The third-order valence-electron chi connectivity index (χ3n) is 11.1. The minimum absolute atomic E-state index is 0.105. The van der Waals surface area contributed by atoms with Crippen LogP contribution in [-0.2, 0) is 0 Å². The highest BCUT2D eigenvalue weighted by Crippen LogP contribution is 2.48. The van der Waals surface area contributed by atoms with Gasteiger partial charge in [0.25, 0.3) is 11.8 Å². The lowest BCUT2D eigenvalue weighted by atomic mass is 9.84. The first kappa shape index (κ1) is 38.9. The molecule has 6 aromatic carbocycles. The topological polar surface area (TPSA) is 85.9 Å². The summed E-state index contributed by atoms with van der Waals surface area (Å²) in [4.78, 5) is 28.2. The molecule has 7 nitrogen and oxygen atoms in total. The number of methoxy groups -OCH3 is 3. The van der Waals surface area contributed by atoms with Crippen molar-refractivity contribution in [3.63, 3.8) is 0 Å². The van der Waals surface area contributed by atoms with Crippen molar-refractivity contribution in [2.45, 2.75) is 60.3 Å². The third-order valence-corrected chi connectivity index (χ3v) is 11.1. The summed E-state index contributed by atoms with van der Waals surface area (Å²) in [5.41, 5.74) is 10.2.